The number of nitrogens with zero attached hydrogens (tertiary/aromatic N) is 2. The summed E-state index contributed by atoms with van der Waals surface area (Å²) in [6, 6.07) is 9.82. The first kappa shape index (κ1) is 26.5. The molecule has 2 atom stereocenters. The molecule has 4 rings (SSSR count). The van der Waals surface area contributed by atoms with Gasteiger partial charge in [0.1, 0.15) is 12.1 Å². The lowest BCUT2D eigenvalue weighted by atomic mass is 9.89. The number of anilines is 1. The van der Waals surface area contributed by atoms with Gasteiger partial charge in [-0.3, -0.25) is 4.79 Å². The van der Waals surface area contributed by atoms with Crippen molar-refractivity contribution in [3.63, 3.8) is 0 Å². The number of rotatable bonds is 7. The van der Waals surface area contributed by atoms with E-state index < -0.39 is 35.9 Å². The van der Waals surface area contributed by atoms with Crippen molar-refractivity contribution in [1.29, 1.82) is 0 Å². The fourth-order valence-electron chi connectivity index (χ4n) is 5.08. The third kappa shape index (κ3) is 6.43. The van der Waals surface area contributed by atoms with Gasteiger partial charge in [-0.05, 0) is 87.1 Å². The van der Waals surface area contributed by atoms with Gasteiger partial charge in [-0.15, -0.1) is 0 Å². The number of ether oxygens (including phenoxy) is 1. The van der Waals surface area contributed by atoms with Gasteiger partial charge in [0.2, 0.25) is 5.91 Å². The minimum Gasteiger partial charge on any atom is -0.443 e. The molecule has 0 unspecified atom stereocenters. The Morgan fingerprint density at radius 2 is 1.81 bits per heavy atom. The van der Waals surface area contributed by atoms with Crippen LogP contribution in [0.1, 0.15) is 56.2 Å². The highest BCUT2D eigenvalue weighted by Gasteiger charge is 2.44. The summed E-state index contributed by atoms with van der Waals surface area (Å²) in [5, 5.41) is 5.58. The highest BCUT2D eigenvalue weighted by atomic mass is 19.2. The number of likely N-dealkylation sites (tertiary alicyclic amines) is 1. The van der Waals surface area contributed by atoms with Gasteiger partial charge in [0, 0.05) is 19.2 Å². The van der Waals surface area contributed by atoms with Gasteiger partial charge in [0.05, 0.1) is 0 Å². The van der Waals surface area contributed by atoms with Gasteiger partial charge >= 0.3 is 12.1 Å². The zero-order valence-corrected chi connectivity index (χ0v) is 21.0. The summed E-state index contributed by atoms with van der Waals surface area (Å²) in [5.74, 6) is -1.70. The van der Waals surface area contributed by atoms with E-state index in [-0.39, 0.29) is 11.5 Å². The van der Waals surface area contributed by atoms with E-state index in [0.29, 0.717) is 18.9 Å². The quantitative estimate of drug-likeness (QED) is 0.519. The number of carbonyl (C=O) groups is 3. The second-order valence-corrected chi connectivity index (χ2v) is 9.59. The van der Waals surface area contributed by atoms with Crippen molar-refractivity contribution in [2.75, 3.05) is 31.5 Å². The van der Waals surface area contributed by atoms with Gasteiger partial charge < -0.3 is 20.3 Å². The number of imide groups is 1. The first-order valence-corrected chi connectivity index (χ1v) is 12.6. The minimum absolute atomic E-state index is 0.0879. The Morgan fingerprint density at radius 3 is 2.51 bits per heavy atom. The molecule has 10 heteroatoms. The first-order chi connectivity index (χ1) is 17.7. The third-order valence-corrected chi connectivity index (χ3v) is 6.90. The Bertz CT molecular complexity index is 1150. The van der Waals surface area contributed by atoms with Crippen LogP contribution in [0, 0.1) is 11.6 Å². The third-order valence-electron chi connectivity index (χ3n) is 6.90. The molecule has 0 saturated carbocycles. The number of urea groups is 1. The number of amides is 4. The summed E-state index contributed by atoms with van der Waals surface area (Å²) in [7, 11) is 0. The number of nitrogens with one attached hydrogen (secondary N) is 2. The number of hydrogen-bond acceptors (Lipinski definition) is 5. The highest BCUT2D eigenvalue weighted by molar-refractivity contribution is 5.93. The van der Waals surface area contributed by atoms with E-state index in [2.05, 4.69) is 21.6 Å². The number of cyclic esters (lactones) is 1. The van der Waals surface area contributed by atoms with Crippen LogP contribution in [0.5, 0.6) is 0 Å². The number of halogens is 2. The van der Waals surface area contributed by atoms with Crippen molar-refractivity contribution in [1.82, 2.24) is 15.1 Å². The molecule has 2 heterocycles. The van der Waals surface area contributed by atoms with Crippen LogP contribution in [0.3, 0.4) is 0 Å². The largest absolute Gasteiger partial charge is 0.443 e. The normalized spacial score (nSPS) is 20.5. The van der Waals surface area contributed by atoms with Crippen molar-refractivity contribution < 1.29 is 27.9 Å². The fraction of sp³-hybridized carbons (Fsp3) is 0.444. The van der Waals surface area contributed by atoms with Crippen LogP contribution in [0.25, 0.3) is 0 Å². The molecule has 0 aliphatic carbocycles. The van der Waals surface area contributed by atoms with Crippen molar-refractivity contribution in [3.8, 4) is 0 Å². The Hall–Kier alpha value is -3.53. The minimum atomic E-state index is -1.05. The summed E-state index contributed by atoms with van der Waals surface area (Å²) < 4.78 is 32.3. The van der Waals surface area contributed by atoms with Gasteiger partial charge in [0.25, 0.3) is 0 Å². The van der Waals surface area contributed by atoms with Crippen LogP contribution in [0.2, 0.25) is 0 Å². The maximum Gasteiger partial charge on any atom is 0.419 e. The van der Waals surface area contributed by atoms with Crippen molar-refractivity contribution in [2.45, 2.75) is 51.2 Å². The van der Waals surface area contributed by atoms with E-state index in [1.807, 2.05) is 18.2 Å². The molecule has 4 amide bonds. The second-order valence-electron chi connectivity index (χ2n) is 9.59. The Kier molecular flexibility index (Phi) is 8.38. The molecule has 8 nitrogen and oxygen atoms in total. The van der Waals surface area contributed by atoms with Crippen molar-refractivity contribution in [2.24, 2.45) is 0 Å². The van der Waals surface area contributed by atoms with Crippen LogP contribution in [0.4, 0.5) is 24.1 Å². The first-order valence-electron chi connectivity index (χ1n) is 12.6. The SMILES string of the molecule is CC(=O)Nc1cccc(C2CCN(CCCNC(=O)N3C(=O)O[C@H](C)[C@@H]3c3ccc(F)c(F)c3)CC2)c1. The van der Waals surface area contributed by atoms with E-state index in [1.165, 1.54) is 18.6 Å². The van der Waals surface area contributed by atoms with Crippen molar-refractivity contribution in [3.05, 3.63) is 65.2 Å². The van der Waals surface area contributed by atoms with Crippen LogP contribution >= 0.6 is 0 Å². The average molecular weight is 515 g/mol. The number of piperidine rings is 1. The molecule has 0 spiro atoms. The summed E-state index contributed by atoms with van der Waals surface area (Å²) in [4.78, 5) is 39.7. The summed E-state index contributed by atoms with van der Waals surface area (Å²) in [5.41, 5.74) is 2.32. The van der Waals surface area contributed by atoms with Crippen LogP contribution in [-0.4, -0.2) is 60.1 Å². The number of benzene rings is 2. The molecule has 0 radical (unpaired) electrons. The molecule has 198 valence electrons. The topological polar surface area (TPSA) is 91.0 Å². The lowest BCUT2D eigenvalue weighted by Crippen LogP contribution is -2.43. The number of carbonyl (C=O) groups excluding carboxylic acids is 3. The second kappa shape index (κ2) is 11.7. The molecule has 2 N–H and O–H groups in total. The lowest BCUT2D eigenvalue weighted by molar-refractivity contribution is -0.114. The average Bonchev–Trinajstić information content (AvgIpc) is 3.17. The molecule has 0 bridgehead atoms. The predicted octanol–water partition coefficient (Wildman–Crippen LogP) is 4.78. The zero-order chi connectivity index (χ0) is 26.5. The zero-order valence-electron chi connectivity index (χ0n) is 21.0. The van der Waals surface area contributed by atoms with E-state index in [9.17, 15) is 23.2 Å². The fourth-order valence-corrected chi connectivity index (χ4v) is 5.08. The van der Waals surface area contributed by atoms with E-state index >= 15 is 0 Å². The standard InChI is InChI=1S/C27H32F2N4O4/c1-17-25(21-7-8-23(28)24(29)16-21)33(27(36)37-17)26(35)30-11-4-12-32-13-9-19(10-14-32)20-5-3-6-22(15-20)31-18(2)34/h3,5-8,15-17,19,25H,4,9-14H2,1-2H3,(H,30,35)(H,31,34)/t17-,25-/m1/s1. The van der Waals surface area contributed by atoms with Gasteiger partial charge in [-0.2, -0.15) is 0 Å². The molecule has 2 aromatic carbocycles. The lowest BCUT2D eigenvalue weighted by Gasteiger charge is -2.32. The summed E-state index contributed by atoms with van der Waals surface area (Å²) >= 11 is 0. The summed E-state index contributed by atoms with van der Waals surface area (Å²) in [6.45, 7) is 6.12. The number of hydrogen-bond donors (Lipinski definition) is 2. The van der Waals surface area contributed by atoms with Crippen LogP contribution in [0.15, 0.2) is 42.5 Å². The van der Waals surface area contributed by atoms with Gasteiger partial charge in [0.15, 0.2) is 11.6 Å². The van der Waals surface area contributed by atoms with Gasteiger partial charge in [-0.25, -0.2) is 23.3 Å². The molecule has 2 aromatic rings. The van der Waals surface area contributed by atoms with Gasteiger partial charge in [-0.1, -0.05) is 18.2 Å². The maximum absolute atomic E-state index is 13.8. The Morgan fingerprint density at radius 1 is 1.05 bits per heavy atom. The molecule has 0 aromatic heterocycles. The molecule has 2 aliphatic rings. The van der Waals surface area contributed by atoms with Crippen LogP contribution in [-0.2, 0) is 9.53 Å². The molecule has 2 saturated heterocycles. The van der Waals surface area contributed by atoms with E-state index in [0.717, 1.165) is 55.2 Å². The molecule has 37 heavy (non-hydrogen) atoms. The van der Waals surface area contributed by atoms with Crippen LogP contribution < -0.4 is 10.6 Å². The predicted molar refractivity (Wildman–Crippen MR) is 134 cm³/mol. The summed E-state index contributed by atoms with van der Waals surface area (Å²) in [6.07, 6.45) is 1.20. The van der Waals surface area contributed by atoms with E-state index in [4.69, 9.17) is 4.74 Å². The molecule has 2 aliphatic heterocycles. The monoisotopic (exact) mass is 514 g/mol. The highest BCUT2D eigenvalue weighted by Crippen LogP contribution is 2.34. The Labute approximate surface area is 214 Å². The molecular formula is C27H32F2N4O4. The maximum atomic E-state index is 13.8. The Balaban J connectivity index is 1.23. The van der Waals surface area contributed by atoms with Crippen molar-refractivity contribution >= 4 is 23.7 Å². The molecule has 2 fully saturated rings. The smallest absolute Gasteiger partial charge is 0.419 e. The van der Waals surface area contributed by atoms with E-state index in [1.54, 1.807) is 6.92 Å². The molecular weight excluding hydrogens is 482 g/mol.